The van der Waals surface area contributed by atoms with E-state index < -0.39 is 22.6 Å². The molecule has 1 unspecified atom stereocenters. The fourth-order valence-electron chi connectivity index (χ4n) is 5.32. The number of hydrogen-bond donors (Lipinski definition) is 4. The molecule has 0 radical (unpaired) electrons. The molecule has 4 rings (SSSR count). The molecule has 10 nitrogen and oxygen atoms in total. The Labute approximate surface area is 269 Å². The molecule has 1 aliphatic rings. The largest absolute Gasteiger partial charge is 0.493 e. The molecular weight excluding hydrogens is 593 g/mol. The normalized spacial score (nSPS) is 14.6. The zero-order valence-corrected chi connectivity index (χ0v) is 27.3. The lowest BCUT2D eigenvalue weighted by molar-refractivity contribution is 0.0469. The summed E-state index contributed by atoms with van der Waals surface area (Å²) in [6.07, 6.45) is 1.07. The Kier molecular flexibility index (Phi) is 10.6. The van der Waals surface area contributed by atoms with Crippen LogP contribution in [0, 0.1) is 11.7 Å². The van der Waals surface area contributed by atoms with Crippen LogP contribution in [-0.4, -0.2) is 66.3 Å². The van der Waals surface area contributed by atoms with E-state index in [1.807, 2.05) is 26.0 Å². The number of pyridine rings is 1. The topological polar surface area (TPSA) is 139 Å². The van der Waals surface area contributed by atoms with E-state index in [9.17, 15) is 19.1 Å². The highest BCUT2D eigenvalue weighted by atomic mass is 19.1. The number of amides is 2. The highest BCUT2D eigenvalue weighted by Crippen LogP contribution is 2.47. The molecule has 1 heterocycles. The molecule has 248 valence electrons. The predicted molar refractivity (Wildman–Crippen MR) is 171 cm³/mol. The Morgan fingerprint density at radius 1 is 0.978 bits per heavy atom. The van der Waals surface area contributed by atoms with Crippen molar-refractivity contribution >= 4 is 12.0 Å². The fourth-order valence-corrected chi connectivity index (χ4v) is 5.32. The van der Waals surface area contributed by atoms with Crippen molar-refractivity contribution in [1.29, 1.82) is 0 Å². The lowest BCUT2D eigenvalue weighted by Crippen LogP contribution is -2.47. The number of ether oxygens (including phenoxy) is 3. The van der Waals surface area contributed by atoms with Gasteiger partial charge >= 0.3 is 6.09 Å². The van der Waals surface area contributed by atoms with Gasteiger partial charge in [-0.15, -0.1) is 0 Å². The third kappa shape index (κ3) is 8.32. The van der Waals surface area contributed by atoms with Gasteiger partial charge in [0.15, 0.2) is 11.5 Å². The van der Waals surface area contributed by atoms with E-state index in [4.69, 9.17) is 24.3 Å². The molecule has 1 fully saturated rings. The van der Waals surface area contributed by atoms with Crippen molar-refractivity contribution in [3.05, 3.63) is 77.2 Å². The number of aliphatic hydroxyl groups is 2. The number of nitrogens with one attached hydrogen (secondary N) is 2. The molecule has 2 aromatic carbocycles. The molecule has 0 bridgehead atoms. The van der Waals surface area contributed by atoms with Crippen LogP contribution >= 0.6 is 0 Å². The molecule has 0 saturated heterocycles. The molecule has 1 atom stereocenters. The lowest BCUT2D eigenvalue weighted by atomic mass is 9.77. The maximum absolute atomic E-state index is 13.8. The summed E-state index contributed by atoms with van der Waals surface area (Å²) >= 11 is 0. The predicted octanol–water partition coefficient (Wildman–Crippen LogP) is 5.10. The maximum Gasteiger partial charge on any atom is 0.408 e. The van der Waals surface area contributed by atoms with E-state index >= 15 is 0 Å². The zero-order chi connectivity index (χ0) is 33.7. The Morgan fingerprint density at radius 3 is 2.26 bits per heavy atom. The number of rotatable bonds is 13. The van der Waals surface area contributed by atoms with Crippen LogP contribution in [0.5, 0.6) is 11.5 Å². The van der Waals surface area contributed by atoms with Crippen molar-refractivity contribution in [2.75, 3.05) is 33.5 Å². The number of halogens is 1. The molecule has 1 saturated carbocycles. The van der Waals surface area contributed by atoms with Gasteiger partial charge in [0.25, 0.3) is 5.91 Å². The minimum atomic E-state index is -0.948. The van der Waals surface area contributed by atoms with Crippen LogP contribution in [0.4, 0.5) is 9.18 Å². The number of carbonyl (C=O) groups is 2. The second kappa shape index (κ2) is 14.0. The van der Waals surface area contributed by atoms with Crippen molar-refractivity contribution in [3.63, 3.8) is 0 Å². The van der Waals surface area contributed by atoms with Crippen LogP contribution in [0.15, 0.2) is 54.6 Å². The van der Waals surface area contributed by atoms with E-state index in [2.05, 4.69) is 10.6 Å². The highest BCUT2D eigenvalue weighted by Gasteiger charge is 2.48. The first-order valence-corrected chi connectivity index (χ1v) is 15.3. The number of alkyl carbamates (subject to hydrolysis) is 1. The molecular formula is C35H44FN3O7. The van der Waals surface area contributed by atoms with Crippen LogP contribution in [0.2, 0.25) is 0 Å². The summed E-state index contributed by atoms with van der Waals surface area (Å²) in [7, 11) is 1.46. The van der Waals surface area contributed by atoms with Crippen molar-refractivity contribution in [3.8, 4) is 22.8 Å². The molecule has 11 heteroatoms. The van der Waals surface area contributed by atoms with Gasteiger partial charge in [-0.1, -0.05) is 0 Å². The van der Waals surface area contributed by atoms with Gasteiger partial charge in [-0.2, -0.15) is 0 Å². The first kappa shape index (κ1) is 34.6. The summed E-state index contributed by atoms with van der Waals surface area (Å²) < 4.78 is 30.2. The van der Waals surface area contributed by atoms with Crippen LogP contribution in [0.25, 0.3) is 11.3 Å². The number of aliphatic hydroxyl groups excluding tert-OH is 2. The van der Waals surface area contributed by atoms with Gasteiger partial charge < -0.3 is 35.1 Å². The van der Waals surface area contributed by atoms with Crippen molar-refractivity contribution < 1.29 is 38.4 Å². The van der Waals surface area contributed by atoms with Gasteiger partial charge in [-0.05, 0) is 114 Å². The Morgan fingerprint density at radius 2 is 1.67 bits per heavy atom. The van der Waals surface area contributed by atoms with Crippen molar-refractivity contribution in [2.45, 2.75) is 64.0 Å². The van der Waals surface area contributed by atoms with Crippen LogP contribution in [-0.2, 0) is 15.7 Å². The van der Waals surface area contributed by atoms with E-state index in [1.54, 1.807) is 51.1 Å². The second-order valence-electron chi connectivity index (χ2n) is 13.1. The minimum absolute atomic E-state index is 0.0346. The maximum atomic E-state index is 13.8. The third-order valence-electron chi connectivity index (χ3n) is 7.99. The SMILES string of the molecule is COc1cc(C(=O)NCC(CO)(c2cc(C(C)(C)NC(=O)OC(C)(C)C)cc(-c3ccc(F)cc3)n2)C2CC2)ccc1OCCO. The van der Waals surface area contributed by atoms with Crippen LogP contribution in [0.3, 0.4) is 0 Å². The monoisotopic (exact) mass is 637 g/mol. The smallest absolute Gasteiger partial charge is 0.408 e. The summed E-state index contributed by atoms with van der Waals surface area (Å²) in [6, 6.07) is 14.4. The number of nitrogens with zero attached hydrogens (tertiary/aromatic N) is 1. The molecule has 0 aliphatic heterocycles. The molecule has 0 spiro atoms. The van der Waals surface area contributed by atoms with E-state index in [-0.39, 0.29) is 44.0 Å². The standard InChI is InChI=1S/C35H44FN3O7/c1-33(2,3)46-32(43)39-34(4,5)25-18-27(22-7-12-26(36)13-8-22)38-30(19-25)35(21-41,24-10-11-24)20-37-31(42)23-9-14-28(45-16-15-40)29(17-23)44-6/h7-9,12-14,17-19,24,40-41H,10-11,15-16,20-21H2,1-6H3,(H,37,42)(H,39,43). The van der Waals surface area contributed by atoms with Gasteiger partial charge in [0, 0.05) is 17.7 Å². The Bertz CT molecular complexity index is 1530. The zero-order valence-electron chi connectivity index (χ0n) is 27.3. The van der Waals surface area contributed by atoms with E-state index in [0.29, 0.717) is 39.6 Å². The molecule has 1 aromatic heterocycles. The van der Waals surface area contributed by atoms with Crippen LogP contribution in [0.1, 0.15) is 69.1 Å². The Balaban J connectivity index is 1.72. The van der Waals surface area contributed by atoms with Crippen LogP contribution < -0.4 is 20.1 Å². The minimum Gasteiger partial charge on any atom is -0.493 e. The number of carbonyl (C=O) groups excluding carboxylic acids is 2. The second-order valence-corrected chi connectivity index (χ2v) is 13.1. The van der Waals surface area contributed by atoms with Gasteiger partial charge in [0.1, 0.15) is 18.0 Å². The highest BCUT2D eigenvalue weighted by molar-refractivity contribution is 5.95. The van der Waals surface area contributed by atoms with Gasteiger partial charge in [0.2, 0.25) is 0 Å². The Hall–Kier alpha value is -4.22. The summed E-state index contributed by atoms with van der Waals surface area (Å²) in [6.45, 7) is 8.73. The number of methoxy groups -OCH3 is 1. The van der Waals surface area contributed by atoms with Crippen molar-refractivity contribution in [2.24, 2.45) is 5.92 Å². The molecule has 3 aromatic rings. The van der Waals surface area contributed by atoms with Crippen molar-refractivity contribution in [1.82, 2.24) is 15.6 Å². The average Bonchev–Trinajstić information content (AvgIpc) is 3.85. The number of hydrogen-bond acceptors (Lipinski definition) is 8. The summed E-state index contributed by atoms with van der Waals surface area (Å²) in [5.41, 5.74) is 0.160. The lowest BCUT2D eigenvalue weighted by Gasteiger charge is -2.35. The fraction of sp³-hybridized carbons (Fsp3) is 0.457. The van der Waals surface area contributed by atoms with Gasteiger partial charge in [-0.25, -0.2) is 9.18 Å². The molecule has 4 N–H and O–H groups in total. The number of aromatic nitrogens is 1. The molecule has 46 heavy (non-hydrogen) atoms. The number of benzene rings is 2. The molecule has 2 amide bonds. The summed E-state index contributed by atoms with van der Waals surface area (Å²) in [5.74, 6) is 0.00389. The van der Waals surface area contributed by atoms with E-state index in [1.165, 1.54) is 19.2 Å². The third-order valence-corrected chi connectivity index (χ3v) is 7.99. The van der Waals surface area contributed by atoms with Gasteiger partial charge in [0.05, 0.1) is 42.7 Å². The molecule has 1 aliphatic carbocycles. The first-order chi connectivity index (χ1) is 21.7. The summed E-state index contributed by atoms with van der Waals surface area (Å²) in [4.78, 5) is 31.2. The summed E-state index contributed by atoms with van der Waals surface area (Å²) in [5, 5.41) is 26.0. The quantitative estimate of drug-likeness (QED) is 0.203. The first-order valence-electron chi connectivity index (χ1n) is 15.3. The van der Waals surface area contributed by atoms with Gasteiger partial charge in [-0.3, -0.25) is 9.78 Å². The van der Waals surface area contributed by atoms with E-state index in [0.717, 1.165) is 12.8 Å². The average molecular weight is 638 g/mol.